The van der Waals surface area contributed by atoms with Crippen molar-refractivity contribution < 1.29 is 27.5 Å². The summed E-state index contributed by atoms with van der Waals surface area (Å²) >= 11 is 0. The van der Waals surface area contributed by atoms with Gasteiger partial charge in [0.1, 0.15) is 23.2 Å². The Morgan fingerprint density at radius 1 is 1.03 bits per heavy atom. The van der Waals surface area contributed by atoms with Gasteiger partial charge in [-0.05, 0) is 37.8 Å². The van der Waals surface area contributed by atoms with E-state index in [-0.39, 0.29) is 38.4 Å². The minimum atomic E-state index is -1.20. The maximum atomic E-state index is 13.9. The van der Waals surface area contributed by atoms with E-state index in [1.54, 1.807) is 4.90 Å². The van der Waals surface area contributed by atoms with Crippen LogP contribution < -0.4 is 4.74 Å². The van der Waals surface area contributed by atoms with Gasteiger partial charge in [-0.25, -0.2) is 13.2 Å². The van der Waals surface area contributed by atoms with Crippen LogP contribution in [0.2, 0.25) is 0 Å². The number of hydrogen-bond donors (Lipinski definition) is 0. The molecule has 3 rings (SSSR count). The largest absolute Gasteiger partial charge is 0.483 e. The fourth-order valence-electron chi connectivity index (χ4n) is 3.62. The second kappa shape index (κ2) is 8.68. The van der Waals surface area contributed by atoms with Crippen LogP contribution in [-0.2, 0) is 4.79 Å². The summed E-state index contributed by atoms with van der Waals surface area (Å²) in [5.41, 5.74) is 1.16. The molecule has 1 aliphatic rings. The Morgan fingerprint density at radius 2 is 1.59 bits per heavy atom. The van der Waals surface area contributed by atoms with Crippen molar-refractivity contribution >= 4 is 11.7 Å². The Morgan fingerprint density at radius 3 is 2.14 bits per heavy atom. The fourth-order valence-corrected chi connectivity index (χ4v) is 3.62. The zero-order chi connectivity index (χ0) is 21.1. The third kappa shape index (κ3) is 4.60. The van der Waals surface area contributed by atoms with E-state index in [0.29, 0.717) is 17.9 Å². The molecule has 29 heavy (non-hydrogen) atoms. The summed E-state index contributed by atoms with van der Waals surface area (Å²) in [6.45, 7) is 4.26. The Balaban J connectivity index is 1.58. The number of nitrogens with zero attached hydrogens (tertiary/aromatic N) is 1. The molecule has 0 unspecified atom stereocenters. The number of ether oxygens (including phenoxy) is 1. The van der Waals surface area contributed by atoms with Crippen LogP contribution in [0.1, 0.15) is 34.3 Å². The summed E-state index contributed by atoms with van der Waals surface area (Å²) in [6, 6.07) is 6.71. The first kappa shape index (κ1) is 20.9. The van der Waals surface area contributed by atoms with Crippen molar-refractivity contribution in [1.29, 1.82) is 0 Å². The highest BCUT2D eigenvalue weighted by Crippen LogP contribution is 2.26. The van der Waals surface area contributed by atoms with Crippen LogP contribution in [0.15, 0.2) is 30.3 Å². The van der Waals surface area contributed by atoms with Crippen molar-refractivity contribution in [3.63, 3.8) is 0 Å². The number of hydrogen-bond acceptors (Lipinski definition) is 3. The molecule has 0 radical (unpaired) electrons. The highest BCUT2D eigenvalue weighted by molar-refractivity contribution is 5.98. The molecule has 0 atom stereocenters. The van der Waals surface area contributed by atoms with E-state index in [2.05, 4.69) is 0 Å². The summed E-state index contributed by atoms with van der Waals surface area (Å²) in [4.78, 5) is 26.5. The number of rotatable bonds is 5. The van der Waals surface area contributed by atoms with E-state index < -0.39 is 34.7 Å². The van der Waals surface area contributed by atoms with Gasteiger partial charge in [0.2, 0.25) is 0 Å². The smallest absolute Gasteiger partial charge is 0.260 e. The minimum absolute atomic E-state index is 0.120. The number of aryl methyl sites for hydroxylation is 2. The summed E-state index contributed by atoms with van der Waals surface area (Å²) in [7, 11) is 0. The molecule has 4 nitrogen and oxygen atoms in total. The maximum Gasteiger partial charge on any atom is 0.260 e. The van der Waals surface area contributed by atoms with E-state index in [4.69, 9.17) is 4.74 Å². The number of amides is 1. The number of likely N-dealkylation sites (tertiary alicyclic amines) is 1. The van der Waals surface area contributed by atoms with E-state index in [9.17, 15) is 22.8 Å². The van der Waals surface area contributed by atoms with Crippen molar-refractivity contribution in [2.24, 2.45) is 5.92 Å². The van der Waals surface area contributed by atoms with Crippen molar-refractivity contribution in [2.45, 2.75) is 26.7 Å². The van der Waals surface area contributed by atoms with E-state index in [0.717, 1.165) is 11.1 Å². The second-order valence-electron chi connectivity index (χ2n) is 7.27. The molecule has 0 aromatic heterocycles. The lowest BCUT2D eigenvalue weighted by molar-refractivity contribution is -0.134. The second-order valence-corrected chi connectivity index (χ2v) is 7.27. The normalized spacial score (nSPS) is 14.7. The van der Waals surface area contributed by atoms with Gasteiger partial charge in [-0.3, -0.25) is 9.59 Å². The first-order chi connectivity index (χ1) is 13.8. The van der Waals surface area contributed by atoms with Gasteiger partial charge in [0, 0.05) is 31.1 Å². The lowest BCUT2D eigenvalue weighted by Crippen LogP contribution is -2.42. The Hall–Kier alpha value is -2.83. The van der Waals surface area contributed by atoms with Gasteiger partial charge in [0.25, 0.3) is 5.91 Å². The minimum Gasteiger partial charge on any atom is -0.483 e. The average Bonchev–Trinajstić information content (AvgIpc) is 2.66. The van der Waals surface area contributed by atoms with Crippen LogP contribution in [-0.4, -0.2) is 36.3 Å². The SMILES string of the molecule is Cc1cccc(C)c1OCC(=O)N1CCC(C(=O)c2c(F)cc(F)cc2F)CC1. The Kier molecular flexibility index (Phi) is 6.25. The molecule has 0 saturated carbocycles. The molecule has 7 heteroatoms. The molecule has 1 saturated heterocycles. The highest BCUT2D eigenvalue weighted by atomic mass is 19.1. The monoisotopic (exact) mass is 405 g/mol. The van der Waals surface area contributed by atoms with Gasteiger partial charge in [0.05, 0.1) is 5.56 Å². The zero-order valence-electron chi connectivity index (χ0n) is 16.3. The zero-order valence-corrected chi connectivity index (χ0v) is 16.3. The molecular weight excluding hydrogens is 383 g/mol. The molecule has 0 aliphatic carbocycles. The first-order valence-corrected chi connectivity index (χ1v) is 9.43. The van der Waals surface area contributed by atoms with Gasteiger partial charge in [-0.2, -0.15) is 0 Å². The number of Topliss-reactive ketones (excluding diaryl/α,β-unsaturated/α-hetero) is 1. The number of halogens is 3. The molecule has 2 aromatic rings. The van der Waals surface area contributed by atoms with Crippen molar-refractivity contribution in [3.8, 4) is 5.75 Å². The summed E-state index contributed by atoms with van der Waals surface area (Å²) < 4.78 is 46.5. The number of para-hydroxylation sites is 1. The van der Waals surface area contributed by atoms with Gasteiger partial charge < -0.3 is 9.64 Å². The van der Waals surface area contributed by atoms with Gasteiger partial charge in [0.15, 0.2) is 12.4 Å². The van der Waals surface area contributed by atoms with Gasteiger partial charge in [-0.1, -0.05) is 18.2 Å². The number of carbonyl (C=O) groups is 2. The van der Waals surface area contributed by atoms with E-state index in [1.165, 1.54) is 0 Å². The van der Waals surface area contributed by atoms with E-state index in [1.807, 2.05) is 32.0 Å². The third-order valence-electron chi connectivity index (χ3n) is 5.22. The number of ketones is 1. The molecule has 0 spiro atoms. The van der Waals surface area contributed by atoms with Crippen molar-refractivity contribution in [2.75, 3.05) is 19.7 Å². The fraction of sp³-hybridized carbons (Fsp3) is 0.364. The quantitative estimate of drug-likeness (QED) is 0.700. The van der Waals surface area contributed by atoms with Crippen LogP contribution >= 0.6 is 0 Å². The topological polar surface area (TPSA) is 46.6 Å². The first-order valence-electron chi connectivity index (χ1n) is 9.43. The molecule has 1 amide bonds. The molecule has 1 fully saturated rings. The standard InChI is InChI=1S/C22H22F3NO3/c1-13-4-3-5-14(2)22(13)29-12-19(27)26-8-6-15(7-9-26)21(28)20-17(24)10-16(23)11-18(20)25/h3-5,10-11,15H,6-9,12H2,1-2H3. The molecule has 1 aliphatic heterocycles. The molecule has 0 N–H and O–H groups in total. The average molecular weight is 405 g/mol. The van der Waals surface area contributed by atoms with Gasteiger partial charge in [-0.15, -0.1) is 0 Å². The Labute approximate surface area is 167 Å². The molecule has 2 aromatic carbocycles. The summed E-state index contributed by atoms with van der Waals surface area (Å²) in [5, 5.41) is 0. The number of benzene rings is 2. The molecular formula is C22H22F3NO3. The predicted molar refractivity (Wildman–Crippen MR) is 101 cm³/mol. The number of carbonyl (C=O) groups excluding carboxylic acids is 2. The lowest BCUT2D eigenvalue weighted by atomic mass is 9.88. The van der Waals surface area contributed by atoms with Crippen LogP contribution in [0.25, 0.3) is 0 Å². The Bertz CT molecular complexity index is 894. The molecule has 0 bridgehead atoms. The van der Waals surface area contributed by atoms with Crippen LogP contribution in [0.3, 0.4) is 0 Å². The predicted octanol–water partition coefficient (Wildman–Crippen LogP) is 4.22. The maximum absolute atomic E-state index is 13.9. The van der Waals surface area contributed by atoms with Gasteiger partial charge >= 0.3 is 0 Å². The lowest BCUT2D eigenvalue weighted by Gasteiger charge is -2.31. The number of piperidine rings is 1. The van der Waals surface area contributed by atoms with Crippen molar-refractivity contribution in [3.05, 3.63) is 64.5 Å². The third-order valence-corrected chi connectivity index (χ3v) is 5.22. The van der Waals surface area contributed by atoms with E-state index >= 15 is 0 Å². The van der Waals surface area contributed by atoms with Crippen LogP contribution in [0.4, 0.5) is 13.2 Å². The summed E-state index contributed by atoms with van der Waals surface area (Å²) in [5.74, 6) is -4.32. The van der Waals surface area contributed by atoms with Crippen molar-refractivity contribution in [1.82, 2.24) is 4.90 Å². The van der Waals surface area contributed by atoms with Crippen LogP contribution in [0, 0.1) is 37.2 Å². The highest BCUT2D eigenvalue weighted by Gasteiger charge is 2.31. The molecule has 154 valence electrons. The molecule has 1 heterocycles. The van der Waals surface area contributed by atoms with Crippen LogP contribution in [0.5, 0.6) is 5.75 Å². The summed E-state index contributed by atoms with van der Waals surface area (Å²) in [6.07, 6.45) is 0.564.